The smallest absolute Gasteiger partial charge is 0.336 e. The van der Waals surface area contributed by atoms with E-state index in [0.717, 1.165) is 16.1 Å². The van der Waals surface area contributed by atoms with E-state index in [2.05, 4.69) is 25.9 Å². The summed E-state index contributed by atoms with van der Waals surface area (Å²) in [6.45, 7) is 3.30. The van der Waals surface area contributed by atoms with Crippen molar-refractivity contribution in [1.29, 1.82) is 0 Å². The van der Waals surface area contributed by atoms with E-state index in [0.29, 0.717) is 50.4 Å². The van der Waals surface area contributed by atoms with Crippen molar-refractivity contribution >= 4 is 21.8 Å². The Kier molecular flexibility index (Phi) is 6.66. The number of amides is 1. The van der Waals surface area contributed by atoms with Gasteiger partial charge in [0.05, 0.1) is 22.8 Å². The van der Waals surface area contributed by atoms with Crippen LogP contribution in [0.1, 0.15) is 27.0 Å². The van der Waals surface area contributed by atoms with Crippen LogP contribution in [0.25, 0.3) is 0 Å². The number of hydrogen-bond acceptors (Lipinski definition) is 3. The molecule has 32 heavy (non-hydrogen) atoms. The van der Waals surface area contributed by atoms with Gasteiger partial charge in [-0.15, -0.1) is 0 Å². The molecule has 1 saturated heterocycles. The molecule has 4 rings (SSSR count). The second-order valence-electron chi connectivity index (χ2n) is 7.82. The zero-order valence-corrected chi connectivity index (χ0v) is 18.8. The lowest BCUT2D eigenvalue weighted by molar-refractivity contribution is -0.137. The Balaban J connectivity index is 1.34. The summed E-state index contributed by atoms with van der Waals surface area (Å²) >= 11 is 3.37. The average Bonchev–Trinajstić information content (AvgIpc) is 3.18. The summed E-state index contributed by atoms with van der Waals surface area (Å²) in [7, 11) is 0. The van der Waals surface area contributed by atoms with Crippen LogP contribution in [-0.4, -0.2) is 51.7 Å². The fourth-order valence-electron chi connectivity index (χ4n) is 3.81. The molecule has 9 heteroatoms. The second kappa shape index (κ2) is 9.46. The van der Waals surface area contributed by atoms with E-state index in [-0.39, 0.29) is 5.91 Å². The molecule has 0 saturated carbocycles. The molecule has 1 fully saturated rings. The molecule has 0 aliphatic carbocycles. The lowest BCUT2D eigenvalue weighted by Crippen LogP contribution is -2.48. The van der Waals surface area contributed by atoms with Crippen molar-refractivity contribution in [2.24, 2.45) is 0 Å². The van der Waals surface area contributed by atoms with Gasteiger partial charge in [-0.05, 0) is 45.3 Å². The van der Waals surface area contributed by atoms with Gasteiger partial charge >= 0.3 is 6.18 Å². The summed E-state index contributed by atoms with van der Waals surface area (Å²) < 4.78 is 41.5. The fraction of sp³-hybridized carbons (Fsp3) is 0.304. The predicted octanol–water partition coefficient (Wildman–Crippen LogP) is 4.67. The van der Waals surface area contributed by atoms with Crippen molar-refractivity contribution in [3.05, 3.63) is 87.7 Å². The number of nitrogens with zero attached hydrogens (tertiary/aromatic N) is 4. The highest BCUT2D eigenvalue weighted by Gasteiger charge is 2.30. The van der Waals surface area contributed by atoms with E-state index in [1.165, 1.54) is 12.1 Å². The van der Waals surface area contributed by atoms with Crippen LogP contribution in [0.2, 0.25) is 0 Å². The van der Waals surface area contributed by atoms with Crippen LogP contribution in [-0.2, 0) is 19.3 Å². The highest BCUT2D eigenvalue weighted by molar-refractivity contribution is 9.10. The fourth-order valence-corrected chi connectivity index (χ4v) is 4.14. The first-order chi connectivity index (χ1) is 15.3. The summed E-state index contributed by atoms with van der Waals surface area (Å²) in [6, 6.07) is 12.9. The van der Waals surface area contributed by atoms with Gasteiger partial charge in [-0.3, -0.25) is 14.4 Å². The molecule has 0 radical (unpaired) electrons. The molecular formula is C23H22BrF3N4O. The zero-order valence-electron chi connectivity index (χ0n) is 17.2. The van der Waals surface area contributed by atoms with E-state index in [4.69, 9.17) is 0 Å². The van der Waals surface area contributed by atoms with Crippen LogP contribution >= 0.6 is 15.9 Å². The number of hydrogen-bond donors (Lipinski definition) is 0. The number of halogens is 4. The van der Waals surface area contributed by atoms with Crippen molar-refractivity contribution < 1.29 is 18.0 Å². The van der Waals surface area contributed by atoms with Crippen LogP contribution < -0.4 is 0 Å². The summed E-state index contributed by atoms with van der Waals surface area (Å²) in [6.07, 6.45) is -0.754. The molecule has 0 atom stereocenters. The van der Waals surface area contributed by atoms with Crippen LogP contribution in [0.15, 0.2) is 65.4 Å². The number of aromatic nitrogens is 2. The van der Waals surface area contributed by atoms with Crippen LogP contribution in [0.5, 0.6) is 0 Å². The molecule has 0 bridgehead atoms. The van der Waals surface area contributed by atoms with E-state index in [9.17, 15) is 18.0 Å². The van der Waals surface area contributed by atoms with Crippen molar-refractivity contribution in [2.75, 3.05) is 26.2 Å². The Morgan fingerprint density at radius 2 is 1.66 bits per heavy atom. The standard InChI is InChI=1S/C23H22BrF3N4O/c24-21-13-28-31(16-21)15-17-3-1-5-19(11-17)22(32)30-9-7-29(8-10-30)14-18-4-2-6-20(12-18)23(25,26)27/h1-6,11-13,16H,7-10,14-15H2. The van der Waals surface area contributed by atoms with Gasteiger partial charge in [0.25, 0.3) is 5.91 Å². The SMILES string of the molecule is O=C(c1cccc(Cn2cc(Br)cn2)c1)N1CCN(Cc2cccc(C(F)(F)F)c2)CC1. The maximum Gasteiger partial charge on any atom is 0.416 e. The van der Waals surface area contributed by atoms with Crippen LogP contribution in [0.4, 0.5) is 13.2 Å². The number of carbonyl (C=O) groups is 1. The van der Waals surface area contributed by atoms with Crippen LogP contribution in [0.3, 0.4) is 0 Å². The quantitative estimate of drug-likeness (QED) is 0.504. The topological polar surface area (TPSA) is 41.4 Å². The Labute approximate surface area is 192 Å². The normalized spacial score (nSPS) is 15.2. The molecule has 1 aliphatic heterocycles. The minimum Gasteiger partial charge on any atom is -0.336 e. The lowest BCUT2D eigenvalue weighted by Gasteiger charge is -2.35. The molecule has 2 heterocycles. The number of alkyl halides is 3. The first-order valence-corrected chi connectivity index (χ1v) is 11.0. The molecule has 5 nitrogen and oxygen atoms in total. The summed E-state index contributed by atoms with van der Waals surface area (Å²) in [5.41, 5.74) is 1.60. The van der Waals surface area contributed by atoms with Gasteiger partial charge < -0.3 is 4.90 Å². The van der Waals surface area contributed by atoms with Gasteiger partial charge in [0.1, 0.15) is 0 Å². The Hall–Kier alpha value is -2.65. The summed E-state index contributed by atoms with van der Waals surface area (Å²) in [5.74, 6) is -0.0350. The third-order valence-corrected chi connectivity index (χ3v) is 5.85. The zero-order chi connectivity index (χ0) is 22.7. The number of rotatable bonds is 5. The minimum absolute atomic E-state index is 0.0350. The molecule has 3 aromatic rings. The molecule has 0 spiro atoms. The molecule has 1 aliphatic rings. The highest BCUT2D eigenvalue weighted by Crippen LogP contribution is 2.29. The van der Waals surface area contributed by atoms with E-state index in [1.807, 2.05) is 24.4 Å². The molecule has 0 unspecified atom stereocenters. The maximum atomic E-state index is 13.0. The Morgan fingerprint density at radius 1 is 0.969 bits per heavy atom. The number of carbonyl (C=O) groups excluding carboxylic acids is 1. The summed E-state index contributed by atoms with van der Waals surface area (Å²) in [5, 5.41) is 4.24. The molecular weight excluding hydrogens is 485 g/mol. The van der Waals surface area contributed by atoms with Crippen molar-refractivity contribution in [1.82, 2.24) is 19.6 Å². The molecule has 0 N–H and O–H groups in total. The van der Waals surface area contributed by atoms with Crippen molar-refractivity contribution in [2.45, 2.75) is 19.3 Å². The Morgan fingerprint density at radius 3 is 2.31 bits per heavy atom. The third kappa shape index (κ3) is 5.58. The predicted molar refractivity (Wildman–Crippen MR) is 118 cm³/mol. The van der Waals surface area contributed by atoms with Gasteiger partial charge in [-0.25, -0.2) is 0 Å². The van der Waals surface area contributed by atoms with E-state index < -0.39 is 11.7 Å². The lowest BCUT2D eigenvalue weighted by atomic mass is 10.1. The van der Waals surface area contributed by atoms with Gasteiger partial charge in [0.2, 0.25) is 0 Å². The first-order valence-electron chi connectivity index (χ1n) is 10.2. The van der Waals surface area contributed by atoms with Gasteiger partial charge in [-0.2, -0.15) is 18.3 Å². The Bertz CT molecular complexity index is 1090. The van der Waals surface area contributed by atoms with Crippen molar-refractivity contribution in [3.63, 3.8) is 0 Å². The monoisotopic (exact) mass is 506 g/mol. The second-order valence-corrected chi connectivity index (χ2v) is 8.74. The van der Waals surface area contributed by atoms with E-state index in [1.54, 1.807) is 27.9 Å². The first kappa shape index (κ1) is 22.5. The minimum atomic E-state index is -4.34. The van der Waals surface area contributed by atoms with Gasteiger partial charge in [0, 0.05) is 44.5 Å². The van der Waals surface area contributed by atoms with Gasteiger partial charge in [0.15, 0.2) is 0 Å². The maximum absolute atomic E-state index is 13.0. The average molecular weight is 507 g/mol. The molecule has 1 aromatic heterocycles. The largest absolute Gasteiger partial charge is 0.416 e. The number of piperazine rings is 1. The summed E-state index contributed by atoms with van der Waals surface area (Å²) in [4.78, 5) is 16.9. The highest BCUT2D eigenvalue weighted by atomic mass is 79.9. The number of benzene rings is 2. The van der Waals surface area contributed by atoms with Crippen molar-refractivity contribution in [3.8, 4) is 0 Å². The molecule has 168 valence electrons. The van der Waals surface area contributed by atoms with E-state index >= 15 is 0 Å². The third-order valence-electron chi connectivity index (χ3n) is 5.44. The molecule has 1 amide bonds. The van der Waals surface area contributed by atoms with Crippen LogP contribution in [0, 0.1) is 0 Å². The van der Waals surface area contributed by atoms with Gasteiger partial charge in [-0.1, -0.05) is 30.3 Å². The molecule has 2 aromatic carbocycles.